The van der Waals surface area contributed by atoms with Crippen LogP contribution in [0.25, 0.3) is 0 Å². The number of piperidine rings is 1. The van der Waals surface area contributed by atoms with Crippen LogP contribution in [-0.2, 0) is 4.79 Å². The quantitative estimate of drug-likeness (QED) is 0.634. The molecule has 118 valence electrons. The molecule has 3 N–H and O–H groups in total. The maximum Gasteiger partial charge on any atom is 0.269 e. The minimum absolute atomic E-state index is 0.0119. The molecule has 0 aromatic heterocycles. The predicted molar refractivity (Wildman–Crippen MR) is 81.7 cm³/mol. The third kappa shape index (κ3) is 3.39. The first-order valence-corrected chi connectivity index (χ1v) is 7.20. The highest BCUT2D eigenvalue weighted by Gasteiger charge is 2.28. The van der Waals surface area contributed by atoms with Crippen LogP contribution in [0.1, 0.15) is 29.6 Å². The smallest absolute Gasteiger partial charge is 0.269 e. The van der Waals surface area contributed by atoms with Gasteiger partial charge in [-0.25, -0.2) is 0 Å². The largest absolute Gasteiger partial charge is 0.507 e. The molecule has 1 aliphatic rings. The first kappa shape index (κ1) is 15.9. The fraction of sp³-hybridized carbons (Fsp3) is 0.375. The van der Waals surface area contributed by atoms with E-state index in [1.54, 1.807) is 17.0 Å². The molecule has 1 aliphatic heterocycles. The van der Waals surface area contributed by atoms with E-state index in [9.17, 15) is 14.7 Å². The maximum atomic E-state index is 12.0. The first-order valence-electron chi connectivity index (χ1n) is 7.20. The molecule has 1 heterocycles. The SMILES string of the molecule is C=C(N)C(=O)N1CCCC[C@H]1COc1cccc(O)c1C=O. The summed E-state index contributed by atoms with van der Waals surface area (Å²) in [5.74, 6) is -0.0984. The fourth-order valence-corrected chi connectivity index (χ4v) is 2.59. The number of hydrogen-bond acceptors (Lipinski definition) is 5. The Bertz CT molecular complexity index is 586. The van der Waals surface area contributed by atoms with E-state index in [2.05, 4.69) is 6.58 Å². The number of carbonyl (C=O) groups excluding carboxylic acids is 2. The normalized spacial score (nSPS) is 17.8. The number of ether oxygens (including phenoxy) is 1. The number of carbonyl (C=O) groups is 2. The summed E-state index contributed by atoms with van der Waals surface area (Å²) >= 11 is 0. The van der Waals surface area contributed by atoms with Crippen molar-refractivity contribution in [3.63, 3.8) is 0 Å². The molecule has 6 nitrogen and oxygen atoms in total. The van der Waals surface area contributed by atoms with Crippen molar-refractivity contribution in [2.45, 2.75) is 25.3 Å². The molecule has 0 unspecified atom stereocenters. The number of phenols is 1. The lowest BCUT2D eigenvalue weighted by Crippen LogP contribution is -2.48. The highest BCUT2D eigenvalue weighted by atomic mass is 16.5. The summed E-state index contributed by atoms with van der Waals surface area (Å²) in [6.45, 7) is 4.34. The van der Waals surface area contributed by atoms with Crippen molar-refractivity contribution in [2.75, 3.05) is 13.2 Å². The van der Waals surface area contributed by atoms with Crippen LogP contribution in [0.15, 0.2) is 30.5 Å². The lowest BCUT2D eigenvalue weighted by molar-refractivity contribution is -0.131. The van der Waals surface area contributed by atoms with Crippen LogP contribution in [0.3, 0.4) is 0 Å². The second-order valence-electron chi connectivity index (χ2n) is 5.29. The molecule has 0 bridgehead atoms. The average molecular weight is 304 g/mol. The van der Waals surface area contributed by atoms with E-state index < -0.39 is 0 Å². The van der Waals surface area contributed by atoms with Crippen molar-refractivity contribution in [1.82, 2.24) is 4.90 Å². The van der Waals surface area contributed by atoms with Crippen molar-refractivity contribution in [3.05, 3.63) is 36.0 Å². The van der Waals surface area contributed by atoms with E-state index >= 15 is 0 Å². The van der Waals surface area contributed by atoms with Gasteiger partial charge in [0.05, 0.1) is 17.3 Å². The Balaban J connectivity index is 2.09. The highest BCUT2D eigenvalue weighted by molar-refractivity contribution is 5.92. The van der Waals surface area contributed by atoms with E-state index in [1.807, 2.05) is 0 Å². The van der Waals surface area contributed by atoms with E-state index in [0.717, 1.165) is 19.3 Å². The molecular weight excluding hydrogens is 284 g/mol. The highest BCUT2D eigenvalue weighted by Crippen LogP contribution is 2.27. The lowest BCUT2D eigenvalue weighted by atomic mass is 10.0. The molecule has 1 aromatic carbocycles. The van der Waals surface area contributed by atoms with Gasteiger partial charge >= 0.3 is 0 Å². The summed E-state index contributed by atoms with van der Waals surface area (Å²) in [5, 5.41) is 9.64. The Morgan fingerprint density at radius 3 is 2.95 bits per heavy atom. The van der Waals surface area contributed by atoms with Crippen LogP contribution >= 0.6 is 0 Å². The number of nitrogens with zero attached hydrogens (tertiary/aromatic N) is 1. The van der Waals surface area contributed by atoms with Crippen LogP contribution in [0.4, 0.5) is 0 Å². The van der Waals surface area contributed by atoms with Crippen molar-refractivity contribution < 1.29 is 19.4 Å². The third-order valence-corrected chi connectivity index (χ3v) is 3.75. The molecule has 0 aliphatic carbocycles. The number of amides is 1. The van der Waals surface area contributed by atoms with Gasteiger partial charge in [0.15, 0.2) is 6.29 Å². The standard InChI is InChI=1S/C16H20N2O4/c1-11(17)16(21)18-8-3-2-5-12(18)10-22-15-7-4-6-14(20)13(15)9-19/h4,6-7,9,12,20H,1-3,5,8,10,17H2/t12-/m0/s1. The summed E-state index contributed by atoms with van der Waals surface area (Å²) < 4.78 is 5.65. The average Bonchev–Trinajstić information content (AvgIpc) is 2.52. The second-order valence-corrected chi connectivity index (χ2v) is 5.29. The van der Waals surface area contributed by atoms with Crippen LogP contribution < -0.4 is 10.5 Å². The summed E-state index contributed by atoms with van der Waals surface area (Å²) in [7, 11) is 0. The number of hydrogen-bond donors (Lipinski definition) is 2. The summed E-state index contributed by atoms with van der Waals surface area (Å²) in [6, 6.07) is 4.51. The number of likely N-dealkylation sites (tertiary alicyclic amines) is 1. The van der Waals surface area contributed by atoms with Crippen LogP contribution in [0.5, 0.6) is 11.5 Å². The molecule has 1 amide bonds. The third-order valence-electron chi connectivity index (χ3n) is 3.75. The van der Waals surface area contributed by atoms with Crippen LogP contribution in [0.2, 0.25) is 0 Å². The van der Waals surface area contributed by atoms with Gasteiger partial charge in [-0.1, -0.05) is 12.6 Å². The maximum absolute atomic E-state index is 12.0. The van der Waals surface area contributed by atoms with Gasteiger partial charge in [0.25, 0.3) is 5.91 Å². The topological polar surface area (TPSA) is 92.9 Å². The van der Waals surface area contributed by atoms with Gasteiger partial charge in [-0.15, -0.1) is 0 Å². The zero-order valence-corrected chi connectivity index (χ0v) is 12.3. The number of nitrogens with two attached hydrogens (primary N) is 1. The summed E-state index contributed by atoms with van der Waals surface area (Å²) in [6.07, 6.45) is 3.26. The van der Waals surface area contributed by atoms with Gasteiger partial charge in [-0.2, -0.15) is 0 Å². The van der Waals surface area contributed by atoms with E-state index in [0.29, 0.717) is 18.6 Å². The Hall–Kier alpha value is -2.50. The summed E-state index contributed by atoms with van der Waals surface area (Å²) in [5.41, 5.74) is 5.62. The molecule has 2 rings (SSSR count). The van der Waals surface area contributed by atoms with Gasteiger partial charge < -0.3 is 20.5 Å². The Morgan fingerprint density at radius 2 is 2.27 bits per heavy atom. The molecule has 0 radical (unpaired) electrons. The monoisotopic (exact) mass is 304 g/mol. The molecule has 0 saturated carbocycles. The van der Waals surface area contributed by atoms with Crippen molar-refractivity contribution in [2.24, 2.45) is 5.73 Å². The van der Waals surface area contributed by atoms with E-state index in [1.165, 1.54) is 6.07 Å². The predicted octanol–water partition coefficient (Wildman–Crippen LogP) is 1.44. The zero-order valence-electron chi connectivity index (χ0n) is 12.3. The molecule has 6 heteroatoms. The van der Waals surface area contributed by atoms with Gasteiger partial charge in [-0.3, -0.25) is 9.59 Å². The van der Waals surface area contributed by atoms with Crippen molar-refractivity contribution in [3.8, 4) is 11.5 Å². The van der Waals surface area contributed by atoms with Crippen LogP contribution in [-0.4, -0.2) is 41.4 Å². The first-order chi connectivity index (χ1) is 10.5. The molecular formula is C16H20N2O4. The zero-order chi connectivity index (χ0) is 16.1. The Labute approximate surface area is 129 Å². The second kappa shape index (κ2) is 6.98. The number of benzene rings is 1. The Morgan fingerprint density at radius 1 is 1.50 bits per heavy atom. The minimum atomic E-state index is -0.278. The Kier molecular flexibility index (Phi) is 5.04. The number of rotatable bonds is 5. The summed E-state index contributed by atoms with van der Waals surface area (Å²) in [4.78, 5) is 24.7. The molecule has 1 saturated heterocycles. The fourth-order valence-electron chi connectivity index (χ4n) is 2.59. The molecule has 1 atom stereocenters. The van der Waals surface area contributed by atoms with Crippen molar-refractivity contribution >= 4 is 12.2 Å². The van der Waals surface area contributed by atoms with Gasteiger partial charge in [0.1, 0.15) is 18.1 Å². The molecule has 1 aromatic rings. The number of aldehydes is 1. The van der Waals surface area contributed by atoms with E-state index in [-0.39, 0.29) is 35.6 Å². The van der Waals surface area contributed by atoms with Crippen molar-refractivity contribution in [1.29, 1.82) is 0 Å². The molecule has 1 fully saturated rings. The van der Waals surface area contributed by atoms with Gasteiger partial charge in [0.2, 0.25) is 0 Å². The lowest BCUT2D eigenvalue weighted by Gasteiger charge is -2.35. The van der Waals surface area contributed by atoms with Gasteiger partial charge in [-0.05, 0) is 31.4 Å². The van der Waals surface area contributed by atoms with Crippen LogP contribution in [0, 0.1) is 0 Å². The number of phenolic OH excluding ortho intramolecular Hbond substituents is 1. The minimum Gasteiger partial charge on any atom is -0.507 e. The molecule has 22 heavy (non-hydrogen) atoms. The number of aromatic hydroxyl groups is 1. The molecule has 0 spiro atoms. The van der Waals surface area contributed by atoms with Gasteiger partial charge in [0, 0.05) is 6.54 Å². The van der Waals surface area contributed by atoms with E-state index in [4.69, 9.17) is 10.5 Å².